The van der Waals surface area contributed by atoms with Gasteiger partial charge in [-0.3, -0.25) is 9.98 Å². The van der Waals surface area contributed by atoms with Crippen LogP contribution in [0.15, 0.2) is 41.5 Å². The van der Waals surface area contributed by atoms with Crippen LogP contribution in [0.25, 0.3) is 0 Å². The molecule has 0 saturated heterocycles. The molecule has 26 heavy (non-hydrogen) atoms. The molecule has 0 radical (unpaired) electrons. The number of aromatic nitrogens is 1. The lowest BCUT2D eigenvalue weighted by atomic mass is 10.1. The highest BCUT2D eigenvalue weighted by Crippen LogP contribution is 2.40. The van der Waals surface area contributed by atoms with Crippen LogP contribution in [0, 0.1) is 0 Å². The molecule has 0 bridgehead atoms. The van der Waals surface area contributed by atoms with Gasteiger partial charge in [0.1, 0.15) is 12.0 Å². The number of aliphatic imine (C=N–C) groups is 1. The lowest BCUT2D eigenvalue weighted by Gasteiger charge is -2.38. The van der Waals surface area contributed by atoms with Crippen molar-refractivity contribution in [3.05, 3.63) is 42.2 Å². The van der Waals surface area contributed by atoms with E-state index >= 15 is 0 Å². The summed E-state index contributed by atoms with van der Waals surface area (Å²) in [6.07, 6.45) is 2.23. The summed E-state index contributed by atoms with van der Waals surface area (Å²) in [5.74, 6) is 2.07. The van der Waals surface area contributed by atoms with Crippen molar-refractivity contribution >= 4 is 17.2 Å². The Balaban J connectivity index is 1.97. The normalized spacial score (nSPS) is 17.6. The molecule has 7 nitrogen and oxygen atoms in total. The molecule has 7 heteroatoms. The van der Waals surface area contributed by atoms with Gasteiger partial charge < -0.3 is 25.4 Å². The Morgan fingerprint density at radius 1 is 1.23 bits per heavy atom. The molecule has 0 saturated carbocycles. The van der Waals surface area contributed by atoms with Gasteiger partial charge in [0, 0.05) is 43.5 Å². The average molecular weight is 355 g/mol. The Bertz CT molecular complexity index is 779. The van der Waals surface area contributed by atoms with Crippen LogP contribution in [0.4, 0.5) is 11.4 Å². The largest absolute Gasteiger partial charge is 0.493 e. The summed E-state index contributed by atoms with van der Waals surface area (Å²) in [6, 6.07) is 9.79. The molecular weight excluding hydrogens is 330 g/mol. The molecule has 0 fully saturated rings. The van der Waals surface area contributed by atoms with Crippen LogP contribution in [-0.4, -0.2) is 44.3 Å². The molecule has 1 aliphatic rings. The maximum absolute atomic E-state index is 6.49. The predicted molar refractivity (Wildman–Crippen MR) is 104 cm³/mol. The number of fused-ring (bicyclic) bond motifs is 1. The number of hydrogen-bond acceptors (Lipinski definition) is 6. The third-order valence-corrected chi connectivity index (χ3v) is 4.35. The van der Waals surface area contributed by atoms with Gasteiger partial charge in [0.05, 0.1) is 25.6 Å². The number of nitrogens with zero attached hydrogens (tertiary/aromatic N) is 3. The van der Waals surface area contributed by atoms with Crippen molar-refractivity contribution in [3.8, 4) is 11.5 Å². The molecule has 138 valence electrons. The predicted octanol–water partition coefficient (Wildman–Crippen LogP) is 2.28. The van der Waals surface area contributed by atoms with Gasteiger partial charge in [0.15, 0.2) is 11.5 Å². The van der Waals surface area contributed by atoms with E-state index in [2.05, 4.69) is 20.2 Å². The highest BCUT2D eigenvalue weighted by molar-refractivity contribution is 6.07. The van der Waals surface area contributed by atoms with Crippen molar-refractivity contribution < 1.29 is 9.47 Å². The van der Waals surface area contributed by atoms with Crippen LogP contribution in [0.3, 0.4) is 0 Å². The topological polar surface area (TPSA) is 85.0 Å². The zero-order valence-electron chi connectivity index (χ0n) is 15.4. The van der Waals surface area contributed by atoms with Gasteiger partial charge in [-0.05, 0) is 19.1 Å². The number of benzene rings is 1. The van der Waals surface area contributed by atoms with Crippen molar-refractivity contribution in [1.82, 2.24) is 4.98 Å². The highest BCUT2D eigenvalue weighted by atomic mass is 16.5. The second kappa shape index (κ2) is 8.05. The third kappa shape index (κ3) is 3.57. The molecule has 1 unspecified atom stereocenters. The number of hydrogen-bond donors (Lipinski definition) is 2. The van der Waals surface area contributed by atoms with Crippen LogP contribution in [0.1, 0.15) is 12.6 Å². The molecule has 1 aliphatic heterocycles. The maximum atomic E-state index is 6.49. The van der Waals surface area contributed by atoms with E-state index in [0.29, 0.717) is 24.6 Å². The quantitative estimate of drug-likeness (QED) is 0.827. The summed E-state index contributed by atoms with van der Waals surface area (Å²) in [6.45, 7) is 3.36. The number of ether oxygens (including phenoxy) is 2. The minimum absolute atomic E-state index is 0.357. The Kier molecular flexibility index (Phi) is 5.58. The fourth-order valence-corrected chi connectivity index (χ4v) is 3.06. The summed E-state index contributed by atoms with van der Waals surface area (Å²) in [5.41, 5.74) is 9.37. The Labute approximate surface area is 153 Å². The van der Waals surface area contributed by atoms with E-state index in [4.69, 9.17) is 15.2 Å². The van der Waals surface area contributed by atoms with Crippen LogP contribution in [0.2, 0.25) is 0 Å². The number of amidine groups is 1. The van der Waals surface area contributed by atoms with Crippen molar-refractivity contribution in [2.24, 2.45) is 10.7 Å². The van der Waals surface area contributed by atoms with Crippen LogP contribution in [0.5, 0.6) is 11.5 Å². The van der Waals surface area contributed by atoms with Gasteiger partial charge in [0.25, 0.3) is 0 Å². The number of pyridine rings is 1. The summed E-state index contributed by atoms with van der Waals surface area (Å²) in [4.78, 5) is 11.0. The lowest BCUT2D eigenvalue weighted by Crippen LogP contribution is -2.54. The van der Waals surface area contributed by atoms with Gasteiger partial charge in [-0.25, -0.2) is 0 Å². The standard InChI is InChI=1S/C19H25N5O2/c1-4-21-19-18(20)24(10-8-13-7-5-6-9-22-13)15-12-17(26-3)16(25-2)11-14(15)23-19/h5-7,9,11-12,18H,4,8,10,20H2,1-3H3,(H,21,23). The van der Waals surface area contributed by atoms with Gasteiger partial charge >= 0.3 is 0 Å². The molecule has 0 amide bonds. The Hall–Kier alpha value is -2.80. The molecule has 1 aromatic heterocycles. The molecule has 3 rings (SSSR count). The fraction of sp³-hybridized carbons (Fsp3) is 0.368. The van der Waals surface area contributed by atoms with Crippen molar-refractivity contribution in [1.29, 1.82) is 0 Å². The van der Waals surface area contributed by atoms with E-state index in [1.54, 1.807) is 20.4 Å². The van der Waals surface area contributed by atoms with E-state index < -0.39 is 0 Å². The SMILES string of the molecule is CCN=C1Nc2cc(OC)c(OC)cc2N(CCc2ccccn2)C1N. The summed E-state index contributed by atoms with van der Waals surface area (Å²) in [5, 5.41) is 3.33. The van der Waals surface area contributed by atoms with E-state index in [-0.39, 0.29) is 6.17 Å². The first kappa shape index (κ1) is 18.0. The van der Waals surface area contributed by atoms with Gasteiger partial charge in [-0.2, -0.15) is 0 Å². The smallest absolute Gasteiger partial charge is 0.162 e. The molecule has 0 spiro atoms. The van der Waals surface area contributed by atoms with Gasteiger partial charge in [0.2, 0.25) is 0 Å². The Morgan fingerprint density at radius 2 is 2.00 bits per heavy atom. The first-order chi connectivity index (χ1) is 12.7. The van der Waals surface area contributed by atoms with Crippen molar-refractivity contribution in [3.63, 3.8) is 0 Å². The van der Waals surface area contributed by atoms with Gasteiger partial charge in [-0.1, -0.05) is 6.07 Å². The summed E-state index contributed by atoms with van der Waals surface area (Å²) >= 11 is 0. The minimum atomic E-state index is -0.357. The van der Waals surface area contributed by atoms with Crippen LogP contribution >= 0.6 is 0 Å². The maximum Gasteiger partial charge on any atom is 0.162 e. The minimum Gasteiger partial charge on any atom is -0.493 e. The van der Waals surface area contributed by atoms with E-state index in [1.165, 1.54) is 0 Å². The highest BCUT2D eigenvalue weighted by Gasteiger charge is 2.30. The van der Waals surface area contributed by atoms with Gasteiger partial charge in [-0.15, -0.1) is 0 Å². The van der Waals surface area contributed by atoms with E-state index in [9.17, 15) is 0 Å². The van der Waals surface area contributed by atoms with Crippen molar-refractivity contribution in [2.45, 2.75) is 19.5 Å². The Morgan fingerprint density at radius 3 is 2.65 bits per heavy atom. The molecule has 1 atom stereocenters. The summed E-state index contributed by atoms with van der Waals surface area (Å²) in [7, 11) is 3.25. The molecule has 2 aromatic rings. The number of methoxy groups -OCH3 is 2. The average Bonchev–Trinajstić information content (AvgIpc) is 2.68. The zero-order valence-corrected chi connectivity index (χ0v) is 15.4. The third-order valence-electron chi connectivity index (χ3n) is 4.35. The molecular formula is C19H25N5O2. The van der Waals surface area contributed by atoms with E-state index in [0.717, 1.165) is 29.3 Å². The zero-order chi connectivity index (χ0) is 18.5. The number of nitrogens with two attached hydrogens (primary N) is 1. The van der Waals surface area contributed by atoms with E-state index in [1.807, 2.05) is 37.3 Å². The molecule has 3 N–H and O–H groups in total. The van der Waals surface area contributed by atoms with Crippen LogP contribution in [-0.2, 0) is 6.42 Å². The molecule has 0 aliphatic carbocycles. The summed E-state index contributed by atoms with van der Waals surface area (Å²) < 4.78 is 10.9. The first-order valence-electron chi connectivity index (χ1n) is 8.67. The number of anilines is 2. The number of nitrogens with one attached hydrogen (secondary N) is 1. The number of rotatable bonds is 6. The fourth-order valence-electron chi connectivity index (χ4n) is 3.06. The lowest BCUT2D eigenvalue weighted by molar-refractivity contribution is 0.355. The second-order valence-corrected chi connectivity index (χ2v) is 5.92. The second-order valence-electron chi connectivity index (χ2n) is 5.92. The molecule has 2 heterocycles. The monoisotopic (exact) mass is 355 g/mol. The van der Waals surface area contributed by atoms with Crippen molar-refractivity contribution in [2.75, 3.05) is 37.5 Å². The van der Waals surface area contributed by atoms with Crippen LogP contribution < -0.4 is 25.4 Å². The molecule has 1 aromatic carbocycles. The first-order valence-corrected chi connectivity index (χ1v) is 8.67.